The fraction of sp³-hybridized carbons (Fsp3) is 0. The fourth-order valence-corrected chi connectivity index (χ4v) is 6.35. The normalized spacial score (nSPS) is 11.9. The quantitative estimate of drug-likeness (QED) is 0.184. The first-order valence-corrected chi connectivity index (χ1v) is 12.6. The molecular formula is C34H20N2O2. The summed E-state index contributed by atoms with van der Waals surface area (Å²) in [6.45, 7) is 0. The van der Waals surface area contributed by atoms with Crippen LogP contribution in [0, 0.1) is 10.1 Å². The van der Waals surface area contributed by atoms with Crippen LogP contribution in [-0.4, -0.2) is 9.49 Å². The van der Waals surface area contributed by atoms with E-state index >= 15 is 0 Å². The van der Waals surface area contributed by atoms with Crippen molar-refractivity contribution in [1.82, 2.24) is 4.57 Å². The molecule has 1 aliphatic carbocycles. The first-order chi connectivity index (χ1) is 18.7. The second-order valence-corrected chi connectivity index (χ2v) is 9.74. The van der Waals surface area contributed by atoms with Crippen molar-refractivity contribution >= 4 is 38.3 Å². The molecule has 0 fully saturated rings. The minimum absolute atomic E-state index is 0.110. The predicted molar refractivity (Wildman–Crippen MR) is 155 cm³/mol. The Morgan fingerprint density at radius 3 is 1.97 bits per heavy atom. The van der Waals surface area contributed by atoms with Gasteiger partial charge in [0.15, 0.2) is 0 Å². The van der Waals surface area contributed by atoms with Crippen LogP contribution in [0.25, 0.3) is 71.6 Å². The highest BCUT2D eigenvalue weighted by Gasteiger charge is 2.28. The maximum absolute atomic E-state index is 12.1. The van der Waals surface area contributed by atoms with Crippen molar-refractivity contribution in [1.29, 1.82) is 0 Å². The third-order valence-electron chi connectivity index (χ3n) is 7.83. The third kappa shape index (κ3) is 2.69. The Balaban J connectivity index is 1.68. The number of nitro benzene ring substituents is 1. The summed E-state index contributed by atoms with van der Waals surface area (Å²) in [6, 6.07) is 41.0. The van der Waals surface area contributed by atoms with Gasteiger partial charge in [-0.2, -0.15) is 0 Å². The highest BCUT2D eigenvalue weighted by atomic mass is 16.6. The molecule has 178 valence electrons. The Labute approximate surface area is 218 Å². The minimum Gasteiger partial charge on any atom is -0.309 e. The van der Waals surface area contributed by atoms with E-state index in [9.17, 15) is 10.1 Å². The van der Waals surface area contributed by atoms with E-state index in [0.29, 0.717) is 5.56 Å². The SMILES string of the molecule is O=[N+]([O-])c1ccccc1-c1ccc2c3c1-c1ccccc1-c1cccc4ccc(c3c14)n2-c1ccccc1. The van der Waals surface area contributed by atoms with Crippen LogP contribution in [0.5, 0.6) is 0 Å². The molecule has 7 aromatic rings. The standard InChI is InChI=1S/C34H20N2O2/c37-36(38)28-16-7-6-13-24(28)27-18-20-30-34-32(27)26-14-5-4-12-23(26)25-15-8-9-21-17-19-29(33(34)31(21)25)35(30)22-10-2-1-3-11-22/h1-20H. The van der Waals surface area contributed by atoms with Gasteiger partial charge in [0.25, 0.3) is 5.69 Å². The van der Waals surface area contributed by atoms with Crippen molar-refractivity contribution in [2.45, 2.75) is 0 Å². The molecule has 4 heteroatoms. The molecule has 1 heterocycles. The molecule has 8 rings (SSSR count). The van der Waals surface area contributed by atoms with E-state index < -0.39 is 0 Å². The lowest BCUT2D eigenvalue weighted by Gasteiger charge is -2.16. The Hall–Kier alpha value is -5.22. The summed E-state index contributed by atoms with van der Waals surface area (Å²) in [5.41, 5.74) is 9.35. The number of hydrogen-bond donors (Lipinski definition) is 0. The van der Waals surface area contributed by atoms with E-state index in [2.05, 4.69) is 95.6 Å². The van der Waals surface area contributed by atoms with E-state index in [1.54, 1.807) is 12.1 Å². The molecule has 0 atom stereocenters. The topological polar surface area (TPSA) is 48.1 Å². The number of nitrogens with zero attached hydrogens (tertiary/aromatic N) is 2. The van der Waals surface area contributed by atoms with Crippen LogP contribution in [0.3, 0.4) is 0 Å². The molecule has 0 amide bonds. The van der Waals surface area contributed by atoms with Crippen LogP contribution in [0.1, 0.15) is 0 Å². The van der Waals surface area contributed by atoms with Gasteiger partial charge < -0.3 is 4.57 Å². The van der Waals surface area contributed by atoms with Crippen LogP contribution in [0.2, 0.25) is 0 Å². The number of aromatic nitrogens is 1. The zero-order valence-corrected chi connectivity index (χ0v) is 20.3. The number of nitro groups is 1. The zero-order valence-electron chi connectivity index (χ0n) is 20.3. The molecule has 0 spiro atoms. The summed E-state index contributed by atoms with van der Waals surface area (Å²) < 4.78 is 2.32. The molecule has 0 saturated heterocycles. The van der Waals surface area contributed by atoms with Crippen molar-refractivity contribution < 1.29 is 4.92 Å². The molecule has 38 heavy (non-hydrogen) atoms. The molecule has 6 aromatic carbocycles. The number of benzene rings is 6. The summed E-state index contributed by atoms with van der Waals surface area (Å²) in [4.78, 5) is 11.8. The lowest BCUT2D eigenvalue weighted by Crippen LogP contribution is -1.96. The molecule has 1 aliphatic rings. The molecule has 0 saturated carbocycles. The molecule has 0 unspecified atom stereocenters. The first kappa shape index (κ1) is 20.9. The van der Waals surface area contributed by atoms with Gasteiger partial charge in [0.2, 0.25) is 0 Å². The largest absolute Gasteiger partial charge is 0.309 e. The summed E-state index contributed by atoms with van der Waals surface area (Å²) in [6.07, 6.45) is 0. The molecule has 0 bridgehead atoms. The molecule has 0 radical (unpaired) electrons. The van der Waals surface area contributed by atoms with Crippen molar-refractivity contribution in [3.8, 4) is 39.1 Å². The lowest BCUT2D eigenvalue weighted by molar-refractivity contribution is -0.384. The number of fused-ring (bicyclic) bond motifs is 3. The predicted octanol–water partition coefficient (Wildman–Crippen LogP) is 9.16. The third-order valence-corrected chi connectivity index (χ3v) is 7.83. The highest BCUT2D eigenvalue weighted by Crippen LogP contribution is 2.52. The Morgan fingerprint density at radius 1 is 0.500 bits per heavy atom. The van der Waals surface area contributed by atoms with Crippen molar-refractivity contribution in [2.24, 2.45) is 0 Å². The average molecular weight is 489 g/mol. The van der Waals surface area contributed by atoms with Crippen LogP contribution in [0.4, 0.5) is 5.69 Å². The minimum atomic E-state index is -0.283. The molecule has 0 aliphatic heterocycles. The van der Waals surface area contributed by atoms with Gasteiger partial charge in [-0.05, 0) is 63.4 Å². The van der Waals surface area contributed by atoms with Gasteiger partial charge in [0.1, 0.15) is 0 Å². The van der Waals surface area contributed by atoms with E-state index in [-0.39, 0.29) is 10.6 Å². The maximum Gasteiger partial charge on any atom is 0.277 e. The van der Waals surface area contributed by atoms with E-state index in [4.69, 9.17) is 0 Å². The molecular weight excluding hydrogens is 468 g/mol. The summed E-state index contributed by atoms with van der Waals surface area (Å²) in [7, 11) is 0. The van der Waals surface area contributed by atoms with Gasteiger partial charge in [-0.25, -0.2) is 0 Å². The van der Waals surface area contributed by atoms with E-state index in [1.165, 1.54) is 21.7 Å². The molecule has 4 nitrogen and oxygen atoms in total. The molecule has 0 N–H and O–H groups in total. The van der Waals surface area contributed by atoms with Crippen molar-refractivity contribution in [2.75, 3.05) is 0 Å². The Morgan fingerprint density at radius 2 is 1.16 bits per heavy atom. The van der Waals surface area contributed by atoms with Gasteiger partial charge in [0.05, 0.1) is 21.5 Å². The van der Waals surface area contributed by atoms with Gasteiger partial charge in [0, 0.05) is 28.1 Å². The fourth-order valence-electron chi connectivity index (χ4n) is 6.35. The summed E-state index contributed by atoms with van der Waals surface area (Å²) >= 11 is 0. The van der Waals surface area contributed by atoms with Crippen LogP contribution in [0.15, 0.2) is 121 Å². The number of para-hydroxylation sites is 2. The van der Waals surface area contributed by atoms with E-state index in [0.717, 1.165) is 44.4 Å². The van der Waals surface area contributed by atoms with Crippen LogP contribution < -0.4 is 0 Å². The molecule has 1 aromatic heterocycles. The highest BCUT2D eigenvalue weighted by molar-refractivity contribution is 6.31. The summed E-state index contributed by atoms with van der Waals surface area (Å²) in [5, 5.41) is 16.8. The average Bonchev–Trinajstić information content (AvgIpc) is 3.24. The summed E-state index contributed by atoms with van der Waals surface area (Å²) in [5.74, 6) is 0. The zero-order chi connectivity index (χ0) is 25.4. The van der Waals surface area contributed by atoms with Crippen LogP contribution in [-0.2, 0) is 0 Å². The smallest absolute Gasteiger partial charge is 0.277 e. The first-order valence-electron chi connectivity index (χ1n) is 12.6. The Kier molecular flexibility index (Phi) is 4.21. The monoisotopic (exact) mass is 488 g/mol. The van der Waals surface area contributed by atoms with Gasteiger partial charge >= 0.3 is 0 Å². The number of rotatable bonds is 3. The van der Waals surface area contributed by atoms with Crippen LogP contribution >= 0.6 is 0 Å². The maximum atomic E-state index is 12.1. The second-order valence-electron chi connectivity index (χ2n) is 9.74. The van der Waals surface area contributed by atoms with E-state index in [1.807, 2.05) is 18.2 Å². The second kappa shape index (κ2) is 7.64. The van der Waals surface area contributed by atoms with Gasteiger partial charge in [-0.15, -0.1) is 0 Å². The Bertz CT molecular complexity index is 2110. The van der Waals surface area contributed by atoms with Crippen molar-refractivity contribution in [3.63, 3.8) is 0 Å². The van der Waals surface area contributed by atoms with Crippen molar-refractivity contribution in [3.05, 3.63) is 131 Å². The lowest BCUT2D eigenvalue weighted by atomic mass is 9.88. The van der Waals surface area contributed by atoms with Gasteiger partial charge in [-0.3, -0.25) is 10.1 Å². The number of hydrogen-bond acceptors (Lipinski definition) is 2. The van der Waals surface area contributed by atoms with Gasteiger partial charge in [-0.1, -0.05) is 84.9 Å².